The third-order valence-corrected chi connectivity index (χ3v) is 4.13. The van der Waals surface area contributed by atoms with Gasteiger partial charge in [0.15, 0.2) is 0 Å². The minimum atomic E-state index is -0.191. The summed E-state index contributed by atoms with van der Waals surface area (Å²) in [7, 11) is 0. The molecule has 2 fully saturated rings. The van der Waals surface area contributed by atoms with Crippen LogP contribution >= 0.6 is 0 Å². The summed E-state index contributed by atoms with van der Waals surface area (Å²) < 4.78 is 0. The Bertz CT molecular complexity index is 243. The zero-order valence-corrected chi connectivity index (χ0v) is 8.64. The minimum absolute atomic E-state index is 0.191. The number of hydrogen-bond acceptors (Lipinski definition) is 2. The molecule has 2 heteroatoms. The molecule has 2 aliphatic rings. The van der Waals surface area contributed by atoms with Crippen molar-refractivity contribution in [1.29, 1.82) is 5.26 Å². The second-order valence-corrected chi connectivity index (χ2v) is 4.94. The van der Waals surface area contributed by atoms with Crippen molar-refractivity contribution < 1.29 is 0 Å². The highest BCUT2D eigenvalue weighted by atomic mass is 15.2. The largest absolute Gasteiger partial charge is 0.285 e. The minimum Gasteiger partial charge on any atom is -0.285 e. The standard InChI is InChI=1S/C11H18N2/c1-10(5-6-10)11(2,9-12)13-7-3-4-8-13/h3-8H2,1-2H3. The summed E-state index contributed by atoms with van der Waals surface area (Å²) in [5, 5.41) is 9.33. The first-order valence-corrected chi connectivity index (χ1v) is 5.29. The van der Waals surface area contributed by atoms with E-state index >= 15 is 0 Å². The van der Waals surface area contributed by atoms with Gasteiger partial charge in [0.25, 0.3) is 0 Å². The summed E-state index contributed by atoms with van der Waals surface area (Å²) in [5.41, 5.74) is 0.0928. The van der Waals surface area contributed by atoms with Crippen LogP contribution in [0.4, 0.5) is 0 Å². The molecule has 1 unspecified atom stereocenters. The van der Waals surface area contributed by atoms with Gasteiger partial charge in [-0.1, -0.05) is 6.92 Å². The average molecular weight is 178 g/mol. The second-order valence-electron chi connectivity index (χ2n) is 4.94. The van der Waals surface area contributed by atoms with E-state index in [-0.39, 0.29) is 11.0 Å². The lowest BCUT2D eigenvalue weighted by Crippen LogP contribution is -2.49. The van der Waals surface area contributed by atoms with Crippen LogP contribution in [0.2, 0.25) is 0 Å². The fraction of sp³-hybridized carbons (Fsp3) is 0.909. The predicted molar refractivity (Wildman–Crippen MR) is 52.2 cm³/mol. The molecule has 1 atom stereocenters. The summed E-state index contributed by atoms with van der Waals surface area (Å²) in [5.74, 6) is 0. The van der Waals surface area contributed by atoms with Crippen LogP contribution in [-0.2, 0) is 0 Å². The molecule has 72 valence electrons. The second kappa shape index (κ2) is 2.72. The van der Waals surface area contributed by atoms with E-state index in [2.05, 4.69) is 24.8 Å². The molecule has 13 heavy (non-hydrogen) atoms. The van der Waals surface area contributed by atoms with Gasteiger partial charge in [-0.2, -0.15) is 5.26 Å². The third kappa shape index (κ3) is 1.18. The summed E-state index contributed by atoms with van der Waals surface area (Å²) in [6, 6.07) is 2.55. The molecule has 1 aliphatic heterocycles. The van der Waals surface area contributed by atoms with Gasteiger partial charge in [-0.15, -0.1) is 0 Å². The Morgan fingerprint density at radius 2 is 1.85 bits per heavy atom. The molecule has 1 saturated heterocycles. The molecule has 0 N–H and O–H groups in total. The summed E-state index contributed by atoms with van der Waals surface area (Å²) in [6.45, 7) is 6.64. The zero-order chi connectivity index (χ0) is 9.53. The van der Waals surface area contributed by atoms with Gasteiger partial charge in [0.2, 0.25) is 0 Å². The highest BCUT2D eigenvalue weighted by Gasteiger charge is 2.56. The van der Waals surface area contributed by atoms with Crippen LogP contribution in [0.3, 0.4) is 0 Å². The van der Waals surface area contributed by atoms with Crippen LogP contribution < -0.4 is 0 Å². The van der Waals surface area contributed by atoms with Gasteiger partial charge in [-0.3, -0.25) is 4.90 Å². The van der Waals surface area contributed by atoms with E-state index in [0.717, 1.165) is 13.1 Å². The summed E-state index contributed by atoms with van der Waals surface area (Å²) in [6.07, 6.45) is 5.00. The first-order valence-electron chi connectivity index (χ1n) is 5.29. The summed E-state index contributed by atoms with van der Waals surface area (Å²) in [4.78, 5) is 2.39. The molecule has 0 aromatic heterocycles. The Balaban J connectivity index is 2.19. The normalized spacial score (nSPS) is 30.8. The fourth-order valence-electron chi connectivity index (χ4n) is 2.43. The zero-order valence-electron chi connectivity index (χ0n) is 8.64. The highest BCUT2D eigenvalue weighted by molar-refractivity contribution is 5.20. The monoisotopic (exact) mass is 178 g/mol. The molecule has 1 aliphatic carbocycles. The van der Waals surface area contributed by atoms with Gasteiger partial charge in [-0.25, -0.2) is 0 Å². The number of nitriles is 1. The molecule has 0 aromatic carbocycles. The molecule has 0 aromatic rings. The molecular formula is C11H18N2. The van der Waals surface area contributed by atoms with Crippen LogP contribution in [0, 0.1) is 16.7 Å². The Hall–Kier alpha value is -0.550. The number of rotatable bonds is 2. The Kier molecular flexibility index (Phi) is 1.89. The van der Waals surface area contributed by atoms with Crippen LogP contribution in [-0.4, -0.2) is 23.5 Å². The maximum atomic E-state index is 9.33. The van der Waals surface area contributed by atoms with Crippen molar-refractivity contribution in [1.82, 2.24) is 4.90 Å². The van der Waals surface area contributed by atoms with E-state index in [9.17, 15) is 5.26 Å². The van der Waals surface area contributed by atoms with Crippen LogP contribution in [0.1, 0.15) is 39.5 Å². The Morgan fingerprint density at radius 3 is 2.23 bits per heavy atom. The van der Waals surface area contributed by atoms with Gasteiger partial charge in [0, 0.05) is 0 Å². The molecular weight excluding hydrogens is 160 g/mol. The smallest absolute Gasteiger partial charge is 0.111 e. The van der Waals surface area contributed by atoms with Crippen molar-refractivity contribution >= 4 is 0 Å². The van der Waals surface area contributed by atoms with E-state index in [1.807, 2.05) is 0 Å². The van der Waals surface area contributed by atoms with Crippen molar-refractivity contribution in [2.75, 3.05) is 13.1 Å². The highest BCUT2D eigenvalue weighted by Crippen LogP contribution is 2.56. The predicted octanol–water partition coefficient (Wildman–Crippen LogP) is 2.16. The van der Waals surface area contributed by atoms with Crippen LogP contribution in [0.25, 0.3) is 0 Å². The van der Waals surface area contributed by atoms with Crippen LogP contribution in [0.15, 0.2) is 0 Å². The number of hydrogen-bond donors (Lipinski definition) is 0. The lowest BCUT2D eigenvalue weighted by atomic mass is 9.83. The van der Waals surface area contributed by atoms with Gasteiger partial charge in [-0.05, 0) is 51.1 Å². The van der Waals surface area contributed by atoms with Crippen molar-refractivity contribution in [2.45, 2.75) is 45.1 Å². The molecule has 0 spiro atoms. The maximum absolute atomic E-state index is 9.33. The van der Waals surface area contributed by atoms with E-state index < -0.39 is 0 Å². The SMILES string of the molecule is CC1(C(C)(C#N)N2CCCC2)CC1. The number of nitrogens with zero attached hydrogens (tertiary/aromatic N) is 2. The number of likely N-dealkylation sites (tertiary alicyclic amines) is 1. The third-order valence-electron chi connectivity index (χ3n) is 4.13. The van der Waals surface area contributed by atoms with E-state index in [0.29, 0.717) is 0 Å². The van der Waals surface area contributed by atoms with Crippen molar-refractivity contribution in [2.24, 2.45) is 5.41 Å². The molecule has 1 heterocycles. The summed E-state index contributed by atoms with van der Waals surface area (Å²) >= 11 is 0. The molecule has 2 rings (SSSR count). The Morgan fingerprint density at radius 1 is 1.31 bits per heavy atom. The van der Waals surface area contributed by atoms with Gasteiger partial charge in [0.1, 0.15) is 5.54 Å². The van der Waals surface area contributed by atoms with Crippen molar-refractivity contribution in [3.8, 4) is 6.07 Å². The first kappa shape index (κ1) is 9.02. The van der Waals surface area contributed by atoms with Crippen LogP contribution in [0.5, 0.6) is 0 Å². The molecule has 0 amide bonds. The van der Waals surface area contributed by atoms with E-state index in [1.165, 1.54) is 25.7 Å². The average Bonchev–Trinajstić information content (AvgIpc) is 2.72. The lowest BCUT2D eigenvalue weighted by molar-refractivity contribution is 0.117. The molecule has 0 bridgehead atoms. The van der Waals surface area contributed by atoms with Gasteiger partial charge < -0.3 is 0 Å². The quantitative estimate of drug-likeness (QED) is 0.648. The first-order chi connectivity index (χ1) is 6.12. The fourth-order valence-corrected chi connectivity index (χ4v) is 2.43. The molecule has 0 radical (unpaired) electrons. The lowest BCUT2D eigenvalue weighted by Gasteiger charge is -2.38. The van der Waals surface area contributed by atoms with E-state index in [1.54, 1.807) is 0 Å². The molecule has 1 saturated carbocycles. The van der Waals surface area contributed by atoms with Gasteiger partial charge >= 0.3 is 0 Å². The van der Waals surface area contributed by atoms with Crippen molar-refractivity contribution in [3.63, 3.8) is 0 Å². The van der Waals surface area contributed by atoms with Gasteiger partial charge in [0.05, 0.1) is 6.07 Å². The maximum Gasteiger partial charge on any atom is 0.111 e. The van der Waals surface area contributed by atoms with Crippen molar-refractivity contribution in [3.05, 3.63) is 0 Å². The van der Waals surface area contributed by atoms with E-state index in [4.69, 9.17) is 0 Å². The Labute approximate surface area is 80.5 Å². The topological polar surface area (TPSA) is 27.0 Å². The molecule has 2 nitrogen and oxygen atoms in total.